The molecule has 0 heterocycles. The molecule has 0 radical (unpaired) electrons. The summed E-state index contributed by atoms with van der Waals surface area (Å²) in [4.78, 5) is 12.9. The Labute approximate surface area is 156 Å². The van der Waals surface area contributed by atoms with E-state index in [2.05, 4.69) is 11.8 Å². The SMILES string of the molecule is CC#CCC(CCCC)(C(=O)OC(C)(C)C)S(=O)(=O)c1ccc(F)cc1. The normalized spacial score (nSPS) is 14.1. The van der Waals surface area contributed by atoms with Crippen LogP contribution >= 0.6 is 0 Å². The van der Waals surface area contributed by atoms with Crippen LogP contribution in [0.4, 0.5) is 4.39 Å². The monoisotopic (exact) mass is 382 g/mol. The molecule has 6 heteroatoms. The second-order valence-corrected chi connectivity index (χ2v) is 9.42. The number of hydrogen-bond donors (Lipinski definition) is 0. The average molecular weight is 382 g/mol. The van der Waals surface area contributed by atoms with Gasteiger partial charge in [-0.15, -0.1) is 11.8 Å². The van der Waals surface area contributed by atoms with E-state index in [4.69, 9.17) is 4.74 Å². The molecule has 1 rings (SSSR count). The molecule has 0 saturated carbocycles. The van der Waals surface area contributed by atoms with Gasteiger partial charge in [-0.1, -0.05) is 19.8 Å². The van der Waals surface area contributed by atoms with E-state index in [1.54, 1.807) is 27.7 Å². The minimum absolute atomic E-state index is 0.0901. The van der Waals surface area contributed by atoms with Gasteiger partial charge in [-0.25, -0.2) is 12.8 Å². The number of halogens is 1. The number of benzene rings is 1. The van der Waals surface area contributed by atoms with Gasteiger partial charge >= 0.3 is 5.97 Å². The van der Waals surface area contributed by atoms with E-state index in [9.17, 15) is 17.6 Å². The molecule has 1 aromatic rings. The van der Waals surface area contributed by atoms with Crippen LogP contribution in [-0.2, 0) is 19.4 Å². The summed E-state index contributed by atoms with van der Waals surface area (Å²) in [5, 5.41) is 0. The van der Waals surface area contributed by atoms with Crippen molar-refractivity contribution in [2.45, 2.75) is 75.5 Å². The fraction of sp³-hybridized carbons (Fsp3) is 0.550. The Hall–Kier alpha value is -1.87. The molecular formula is C20H27FO4S. The first-order chi connectivity index (χ1) is 12.0. The highest BCUT2D eigenvalue weighted by Gasteiger charge is 2.52. The van der Waals surface area contributed by atoms with Gasteiger partial charge in [0.15, 0.2) is 14.6 Å². The van der Waals surface area contributed by atoms with Crippen molar-refractivity contribution in [3.8, 4) is 11.8 Å². The van der Waals surface area contributed by atoms with Crippen LogP contribution in [0.15, 0.2) is 29.2 Å². The molecule has 0 aliphatic heterocycles. The summed E-state index contributed by atoms with van der Waals surface area (Å²) < 4.78 is 43.7. The first-order valence-corrected chi connectivity index (χ1v) is 10.1. The highest BCUT2D eigenvalue weighted by Crippen LogP contribution is 2.36. The maximum absolute atomic E-state index is 13.4. The van der Waals surface area contributed by atoms with Crippen molar-refractivity contribution in [1.82, 2.24) is 0 Å². The third kappa shape index (κ3) is 5.07. The zero-order valence-electron chi connectivity index (χ0n) is 16.1. The van der Waals surface area contributed by atoms with Gasteiger partial charge in [0.1, 0.15) is 11.4 Å². The van der Waals surface area contributed by atoms with Gasteiger partial charge in [0, 0.05) is 6.42 Å². The number of carbonyl (C=O) groups excluding carboxylic acids is 1. The average Bonchev–Trinajstić information content (AvgIpc) is 2.53. The van der Waals surface area contributed by atoms with Gasteiger partial charge < -0.3 is 4.74 Å². The Morgan fingerprint density at radius 2 is 1.77 bits per heavy atom. The predicted molar refractivity (Wildman–Crippen MR) is 99.8 cm³/mol. The molecule has 26 heavy (non-hydrogen) atoms. The summed E-state index contributed by atoms with van der Waals surface area (Å²) in [5.74, 6) is 4.05. The third-order valence-electron chi connectivity index (χ3n) is 3.89. The Morgan fingerprint density at radius 3 is 2.23 bits per heavy atom. The van der Waals surface area contributed by atoms with Gasteiger partial charge in [-0.3, -0.25) is 4.79 Å². The smallest absolute Gasteiger partial charge is 0.329 e. The van der Waals surface area contributed by atoms with E-state index < -0.39 is 32.0 Å². The van der Waals surface area contributed by atoms with Crippen LogP contribution in [0.3, 0.4) is 0 Å². The van der Waals surface area contributed by atoms with E-state index in [1.807, 2.05) is 6.92 Å². The lowest BCUT2D eigenvalue weighted by Crippen LogP contribution is -2.49. The minimum atomic E-state index is -4.14. The number of hydrogen-bond acceptors (Lipinski definition) is 4. The summed E-state index contributed by atoms with van der Waals surface area (Å²) in [5.41, 5.74) is -0.841. The van der Waals surface area contributed by atoms with Crippen LogP contribution in [0.1, 0.15) is 60.3 Å². The quantitative estimate of drug-likeness (QED) is 0.401. The molecule has 0 bridgehead atoms. The molecule has 4 nitrogen and oxygen atoms in total. The highest BCUT2D eigenvalue weighted by molar-refractivity contribution is 7.93. The third-order valence-corrected chi connectivity index (χ3v) is 6.33. The van der Waals surface area contributed by atoms with E-state index in [1.165, 1.54) is 12.1 Å². The summed E-state index contributed by atoms with van der Waals surface area (Å²) in [7, 11) is -4.14. The van der Waals surface area contributed by atoms with Crippen LogP contribution < -0.4 is 0 Å². The Morgan fingerprint density at radius 1 is 1.19 bits per heavy atom. The van der Waals surface area contributed by atoms with Gasteiger partial charge in [0.25, 0.3) is 0 Å². The van der Waals surface area contributed by atoms with E-state index >= 15 is 0 Å². The van der Waals surface area contributed by atoms with E-state index in [-0.39, 0.29) is 17.7 Å². The van der Waals surface area contributed by atoms with E-state index in [0.29, 0.717) is 12.8 Å². The van der Waals surface area contributed by atoms with Gasteiger partial charge in [-0.05, 0) is 58.4 Å². The van der Waals surface area contributed by atoms with Gasteiger partial charge in [-0.2, -0.15) is 0 Å². The fourth-order valence-corrected chi connectivity index (χ4v) is 4.39. The molecule has 0 saturated heterocycles. The lowest BCUT2D eigenvalue weighted by atomic mass is 9.97. The summed E-state index contributed by atoms with van der Waals surface area (Å²) in [6.07, 6.45) is 1.15. The lowest BCUT2D eigenvalue weighted by Gasteiger charge is -2.33. The molecule has 0 N–H and O–H groups in total. The molecule has 1 atom stereocenters. The van der Waals surface area contributed by atoms with Crippen molar-refractivity contribution in [2.75, 3.05) is 0 Å². The number of ether oxygens (including phenoxy) is 1. The van der Waals surface area contributed by atoms with Crippen molar-refractivity contribution >= 4 is 15.8 Å². The van der Waals surface area contributed by atoms with Crippen molar-refractivity contribution in [1.29, 1.82) is 0 Å². The van der Waals surface area contributed by atoms with Crippen molar-refractivity contribution in [2.24, 2.45) is 0 Å². The fourth-order valence-electron chi connectivity index (χ4n) is 2.51. The number of unbranched alkanes of at least 4 members (excludes halogenated alkanes) is 1. The zero-order valence-corrected chi connectivity index (χ0v) is 16.9. The van der Waals surface area contributed by atoms with Crippen LogP contribution in [0, 0.1) is 17.7 Å². The van der Waals surface area contributed by atoms with Crippen molar-refractivity contribution in [3.63, 3.8) is 0 Å². The van der Waals surface area contributed by atoms with Gasteiger partial charge in [0.05, 0.1) is 4.90 Å². The van der Waals surface area contributed by atoms with Crippen molar-refractivity contribution < 1.29 is 22.3 Å². The summed E-state index contributed by atoms with van der Waals surface area (Å²) in [6, 6.07) is 4.49. The topological polar surface area (TPSA) is 60.4 Å². The maximum atomic E-state index is 13.4. The van der Waals surface area contributed by atoms with Crippen molar-refractivity contribution in [3.05, 3.63) is 30.1 Å². The molecule has 1 unspecified atom stereocenters. The maximum Gasteiger partial charge on any atom is 0.329 e. The van der Waals surface area contributed by atoms with Crippen LogP contribution in [0.2, 0.25) is 0 Å². The predicted octanol–water partition coefficient (Wildman–Crippen LogP) is 4.28. The molecule has 0 aliphatic carbocycles. The summed E-state index contributed by atoms with van der Waals surface area (Å²) >= 11 is 0. The van der Waals surface area contributed by atoms with E-state index in [0.717, 1.165) is 12.1 Å². The van der Waals surface area contributed by atoms with Gasteiger partial charge in [0.2, 0.25) is 0 Å². The second-order valence-electron chi connectivity index (χ2n) is 7.16. The number of rotatable bonds is 7. The molecule has 0 aliphatic rings. The Bertz CT molecular complexity index is 780. The van der Waals surface area contributed by atoms with Crippen LogP contribution in [-0.4, -0.2) is 24.7 Å². The largest absolute Gasteiger partial charge is 0.459 e. The molecule has 0 spiro atoms. The minimum Gasteiger partial charge on any atom is -0.459 e. The first kappa shape index (κ1) is 22.2. The molecule has 0 aromatic heterocycles. The molecule has 0 amide bonds. The number of esters is 1. The zero-order chi connectivity index (χ0) is 20.0. The molecule has 144 valence electrons. The Balaban J connectivity index is 3.59. The number of sulfone groups is 1. The molecule has 1 aromatic carbocycles. The molecular weight excluding hydrogens is 355 g/mol. The molecule has 0 fully saturated rings. The Kier molecular flexibility index (Phi) is 7.40. The number of carbonyl (C=O) groups is 1. The van der Waals surface area contributed by atoms with Crippen LogP contribution in [0.25, 0.3) is 0 Å². The van der Waals surface area contributed by atoms with Crippen LogP contribution in [0.5, 0.6) is 0 Å². The summed E-state index contributed by atoms with van der Waals surface area (Å²) in [6.45, 7) is 8.56. The first-order valence-electron chi connectivity index (χ1n) is 8.63. The lowest BCUT2D eigenvalue weighted by molar-refractivity contribution is -0.158. The standard InChI is InChI=1S/C20H27FO4S/c1-6-8-14-20(15-9-7-2,18(22)25-19(3,4)5)26(23,24)17-12-10-16(21)11-13-17/h10-13H,6,8,14-15H2,1-5H3. The highest BCUT2D eigenvalue weighted by atomic mass is 32.2. The second kappa shape index (κ2) is 8.68.